The van der Waals surface area contributed by atoms with E-state index in [9.17, 15) is 0 Å². The van der Waals surface area contributed by atoms with Gasteiger partial charge in [0.15, 0.2) is 0 Å². The first kappa shape index (κ1) is 26.6. The first-order valence-corrected chi connectivity index (χ1v) is 15.2. The number of benzene rings is 2. The van der Waals surface area contributed by atoms with Crippen LogP contribution < -0.4 is 35.3 Å². The Balaban J connectivity index is 0.00000171. The maximum Gasteiger partial charge on any atom is -1.00 e. The smallest absolute Gasteiger partial charge is 1.00 e. The van der Waals surface area contributed by atoms with Gasteiger partial charge >= 0.3 is 191 Å². The standard InChI is InChI=1S/C26H29OSi.2ClH.Zr/c1-6-19-14-15-24-22-12-8-7-10-21(22)17-25(24)26(19)23-13-9-11-20(23)16-18(2)27-28(3,4)5;;;/h6-12,14-15,18H,13,16H2,1-5H3;2*1H;/q;;;+2/p-2. The summed E-state index contributed by atoms with van der Waals surface area (Å²) in [5.74, 6) is 0. The minimum atomic E-state index is -1.54. The van der Waals surface area contributed by atoms with Crippen LogP contribution in [0.5, 0.6) is 0 Å². The second kappa shape index (κ2) is 10.5. The second-order valence-corrected chi connectivity index (χ2v) is 14.7. The molecule has 0 heterocycles. The predicted molar refractivity (Wildman–Crippen MR) is 122 cm³/mol. The van der Waals surface area contributed by atoms with Gasteiger partial charge in [0.2, 0.25) is 0 Å². The zero-order valence-corrected chi connectivity index (χ0v) is 23.8. The van der Waals surface area contributed by atoms with Crippen LogP contribution in [0.4, 0.5) is 0 Å². The Kier molecular flexibility index (Phi) is 8.98. The van der Waals surface area contributed by atoms with Crippen molar-refractivity contribution >= 4 is 23.2 Å². The molecule has 0 saturated carbocycles. The zero-order valence-electron chi connectivity index (χ0n) is 18.9. The van der Waals surface area contributed by atoms with E-state index in [1.54, 1.807) is 0 Å². The third kappa shape index (κ3) is 5.28. The molecule has 0 aliphatic heterocycles. The molecular weight excluding hydrogens is 519 g/mol. The molecule has 1 atom stereocenters. The van der Waals surface area contributed by atoms with Crippen LogP contribution in [0.3, 0.4) is 0 Å². The number of rotatable bonds is 5. The molecule has 1 nitrogen and oxygen atoms in total. The topological polar surface area (TPSA) is 9.23 Å². The molecule has 0 bridgehead atoms. The maximum atomic E-state index is 6.37. The molecule has 161 valence electrons. The summed E-state index contributed by atoms with van der Waals surface area (Å²) in [5.41, 5.74) is 5.86. The maximum absolute atomic E-state index is 6.37. The van der Waals surface area contributed by atoms with E-state index in [1.807, 2.05) is 0 Å². The van der Waals surface area contributed by atoms with E-state index in [4.69, 9.17) is 4.43 Å². The average molecular weight is 548 g/mol. The largest absolute Gasteiger partial charge is 1.00 e. The van der Waals surface area contributed by atoms with Crippen LogP contribution in [-0.2, 0) is 29.1 Å². The van der Waals surface area contributed by atoms with E-state index in [-0.39, 0.29) is 30.9 Å². The van der Waals surface area contributed by atoms with Gasteiger partial charge in [0.25, 0.3) is 0 Å². The van der Waals surface area contributed by atoms with Crippen molar-refractivity contribution in [2.45, 2.75) is 52.4 Å². The molecule has 0 radical (unpaired) electrons. The third-order valence-corrected chi connectivity index (χ3v) is 8.06. The molecule has 2 aliphatic rings. The summed E-state index contributed by atoms with van der Waals surface area (Å²) in [6.45, 7) is 11.2. The Labute approximate surface area is 214 Å². The van der Waals surface area contributed by atoms with E-state index in [0.717, 1.165) is 12.8 Å². The molecule has 0 aromatic heterocycles. The fourth-order valence-corrected chi connectivity index (χ4v) is 7.16. The Morgan fingerprint density at radius 1 is 1.00 bits per heavy atom. The molecule has 5 heteroatoms. The summed E-state index contributed by atoms with van der Waals surface area (Å²) >= 11 is 1.49. The van der Waals surface area contributed by atoms with Crippen LogP contribution in [-0.4, -0.2) is 14.4 Å². The summed E-state index contributed by atoms with van der Waals surface area (Å²) in [7, 11) is -1.54. The average Bonchev–Trinajstić information content (AvgIpc) is 3.23. The molecule has 1 unspecified atom stereocenters. The molecule has 0 amide bonds. The van der Waals surface area contributed by atoms with Gasteiger partial charge < -0.3 is 24.8 Å². The van der Waals surface area contributed by atoms with Crippen molar-refractivity contribution in [2.24, 2.45) is 0 Å². The summed E-state index contributed by atoms with van der Waals surface area (Å²) < 4.78 is 7.86. The van der Waals surface area contributed by atoms with Gasteiger partial charge in [-0.05, 0) is 0 Å². The van der Waals surface area contributed by atoms with Gasteiger partial charge in [-0.2, -0.15) is 0 Å². The van der Waals surface area contributed by atoms with Crippen LogP contribution >= 0.6 is 0 Å². The van der Waals surface area contributed by atoms with Crippen molar-refractivity contribution in [1.29, 1.82) is 0 Å². The summed E-state index contributed by atoms with van der Waals surface area (Å²) in [6, 6.07) is 13.5. The van der Waals surface area contributed by atoms with E-state index in [1.165, 1.54) is 71.1 Å². The van der Waals surface area contributed by atoms with E-state index in [2.05, 4.69) is 88.1 Å². The number of hydrogen-bond donors (Lipinski definition) is 0. The second-order valence-electron chi connectivity index (χ2n) is 9.02. The fourth-order valence-electron chi connectivity index (χ4n) is 4.70. The molecule has 0 spiro atoms. The van der Waals surface area contributed by atoms with Gasteiger partial charge in [-0.15, -0.1) is 0 Å². The number of halogens is 2. The van der Waals surface area contributed by atoms with Crippen LogP contribution in [0.2, 0.25) is 19.6 Å². The van der Waals surface area contributed by atoms with Crippen LogP contribution in [0.25, 0.3) is 14.9 Å². The molecule has 2 aliphatic carbocycles. The quantitative estimate of drug-likeness (QED) is 0.443. The first-order valence-electron chi connectivity index (χ1n) is 10.5. The number of fused-ring (bicyclic) bond motifs is 2. The van der Waals surface area contributed by atoms with Crippen molar-refractivity contribution in [3.63, 3.8) is 0 Å². The Morgan fingerprint density at radius 2 is 1.68 bits per heavy atom. The van der Waals surface area contributed by atoms with Gasteiger partial charge in [0, 0.05) is 0 Å². The van der Waals surface area contributed by atoms with Crippen LogP contribution in [0.1, 0.15) is 37.8 Å². The molecular formula is C26H29Cl2OSiZr. The van der Waals surface area contributed by atoms with Crippen molar-refractivity contribution < 1.29 is 54.0 Å². The molecule has 4 rings (SSSR count). The van der Waals surface area contributed by atoms with Crippen LogP contribution in [0, 0.1) is 10.4 Å². The molecule has 0 saturated heterocycles. The normalized spacial score (nSPS) is 16.1. The molecule has 0 N–H and O–H groups in total. The molecule has 2 aromatic rings. The minimum Gasteiger partial charge on any atom is -1.00 e. The van der Waals surface area contributed by atoms with Gasteiger partial charge in [0.05, 0.1) is 0 Å². The zero-order chi connectivity index (χ0) is 20.8. The summed E-state index contributed by atoms with van der Waals surface area (Å²) in [5, 5.41) is 5.56. The van der Waals surface area contributed by atoms with Gasteiger partial charge in [0.1, 0.15) is 0 Å². The third-order valence-electron chi connectivity index (χ3n) is 5.68. The van der Waals surface area contributed by atoms with Crippen molar-refractivity contribution in [3.05, 3.63) is 86.1 Å². The van der Waals surface area contributed by atoms with Crippen molar-refractivity contribution in [2.75, 3.05) is 0 Å². The fraction of sp³-hybridized carbons (Fsp3) is 0.308. The number of allylic oxidation sites excluding steroid dienone is 3. The van der Waals surface area contributed by atoms with Crippen molar-refractivity contribution in [1.82, 2.24) is 0 Å². The summed E-state index contributed by atoms with van der Waals surface area (Å²) in [4.78, 5) is 0. The van der Waals surface area contributed by atoms with Crippen LogP contribution in [0.15, 0.2) is 54.1 Å². The van der Waals surface area contributed by atoms with E-state index in [0.29, 0.717) is 0 Å². The molecule has 0 fully saturated rings. The Bertz CT molecular complexity index is 1260. The summed E-state index contributed by atoms with van der Waals surface area (Å²) in [6.07, 6.45) is 9.20. The molecule has 2 aromatic carbocycles. The van der Waals surface area contributed by atoms with Gasteiger partial charge in [-0.3, -0.25) is 0 Å². The minimum absolute atomic E-state index is 0. The van der Waals surface area contributed by atoms with Gasteiger partial charge in [-0.25, -0.2) is 0 Å². The van der Waals surface area contributed by atoms with Crippen molar-refractivity contribution in [3.8, 4) is 0 Å². The van der Waals surface area contributed by atoms with E-state index >= 15 is 0 Å². The Morgan fingerprint density at radius 3 is 2.32 bits per heavy atom. The van der Waals surface area contributed by atoms with E-state index < -0.39 is 8.32 Å². The molecule has 31 heavy (non-hydrogen) atoms. The number of hydrogen-bond acceptors (Lipinski definition) is 1. The SMILES string of the molecule is CC=c1ccc2c(c1C1=C(CC(C)O[Si](C)(C)C)C=CC1)[C]([Zr+2])=c1ccccc1=2.[Cl-].[Cl-]. The predicted octanol–water partition coefficient (Wildman–Crippen LogP) is -0.858. The Hall–Kier alpha value is -0.700. The monoisotopic (exact) mass is 545 g/mol. The first-order chi connectivity index (χ1) is 13.8. The van der Waals surface area contributed by atoms with Gasteiger partial charge in [-0.1, -0.05) is 0 Å².